The Morgan fingerprint density at radius 3 is 2.60 bits per heavy atom. The first kappa shape index (κ1) is 14.1. The maximum absolute atomic E-state index is 13.8. The predicted molar refractivity (Wildman–Crippen MR) is 76.4 cm³/mol. The van der Waals surface area contributed by atoms with Crippen molar-refractivity contribution in [1.29, 1.82) is 0 Å². The van der Waals surface area contributed by atoms with Gasteiger partial charge in [-0.3, -0.25) is 0 Å². The molecule has 2 aromatic carbocycles. The van der Waals surface area contributed by atoms with Gasteiger partial charge in [-0.15, -0.1) is 0 Å². The van der Waals surface area contributed by atoms with Crippen molar-refractivity contribution >= 4 is 17.1 Å². The predicted octanol–water partition coefficient (Wildman–Crippen LogP) is 4.00. The second kappa shape index (κ2) is 5.77. The molecule has 0 aliphatic carbocycles. The van der Waals surface area contributed by atoms with Crippen LogP contribution < -0.4 is 15.8 Å². The Balaban J connectivity index is 2.35. The van der Waals surface area contributed by atoms with E-state index in [4.69, 9.17) is 10.5 Å². The average molecular weight is 278 g/mol. The highest BCUT2D eigenvalue weighted by Gasteiger charge is 2.11. The van der Waals surface area contributed by atoms with Crippen molar-refractivity contribution in [3.8, 4) is 5.75 Å². The fraction of sp³-hybridized carbons (Fsp3) is 0.200. The smallest absolute Gasteiger partial charge is 0.147 e. The van der Waals surface area contributed by atoms with Gasteiger partial charge in [0.1, 0.15) is 17.4 Å². The Bertz CT molecular complexity index is 630. The Morgan fingerprint density at radius 1 is 1.15 bits per heavy atom. The highest BCUT2D eigenvalue weighted by molar-refractivity contribution is 5.77. The lowest BCUT2D eigenvalue weighted by Crippen LogP contribution is -2.02. The third kappa shape index (κ3) is 2.82. The van der Waals surface area contributed by atoms with Gasteiger partial charge in [-0.05, 0) is 37.6 Å². The van der Waals surface area contributed by atoms with Gasteiger partial charge >= 0.3 is 0 Å². The first-order valence-electron chi connectivity index (χ1n) is 6.27. The van der Waals surface area contributed by atoms with E-state index < -0.39 is 11.6 Å². The highest BCUT2D eigenvalue weighted by Crippen LogP contribution is 2.32. The molecule has 0 saturated carbocycles. The number of para-hydroxylation sites is 1. The standard InChI is InChI=1S/C15H16F2N2O/c1-3-20-14-6-4-5-12(15(14)18)19-13-8-10(16)9(2)7-11(13)17/h4-8,19H,3,18H2,1-2H3. The van der Waals surface area contributed by atoms with Crippen molar-refractivity contribution < 1.29 is 13.5 Å². The second-order valence-electron chi connectivity index (χ2n) is 4.36. The number of benzene rings is 2. The van der Waals surface area contributed by atoms with Crippen LogP contribution in [-0.4, -0.2) is 6.61 Å². The second-order valence-corrected chi connectivity index (χ2v) is 4.36. The summed E-state index contributed by atoms with van der Waals surface area (Å²) in [6.45, 7) is 3.82. The molecule has 0 radical (unpaired) electrons. The van der Waals surface area contributed by atoms with Crippen LogP contribution in [0.1, 0.15) is 12.5 Å². The summed E-state index contributed by atoms with van der Waals surface area (Å²) in [5.74, 6) is -0.510. The Hall–Kier alpha value is -2.30. The van der Waals surface area contributed by atoms with E-state index in [0.29, 0.717) is 23.7 Å². The van der Waals surface area contributed by atoms with E-state index in [-0.39, 0.29) is 11.3 Å². The van der Waals surface area contributed by atoms with Gasteiger partial charge in [0, 0.05) is 6.07 Å². The minimum atomic E-state index is -0.537. The summed E-state index contributed by atoms with van der Waals surface area (Å²) in [5, 5.41) is 2.79. The first-order valence-corrected chi connectivity index (χ1v) is 6.27. The number of ether oxygens (including phenoxy) is 1. The molecule has 5 heteroatoms. The zero-order chi connectivity index (χ0) is 14.7. The molecule has 106 valence electrons. The van der Waals surface area contributed by atoms with Gasteiger partial charge in [-0.2, -0.15) is 0 Å². The minimum Gasteiger partial charge on any atom is -0.492 e. The molecular weight excluding hydrogens is 262 g/mol. The van der Waals surface area contributed by atoms with E-state index in [1.165, 1.54) is 6.92 Å². The lowest BCUT2D eigenvalue weighted by Gasteiger charge is -2.14. The molecule has 2 rings (SSSR count). The minimum absolute atomic E-state index is 0.0356. The number of nitrogen functional groups attached to an aromatic ring is 1. The highest BCUT2D eigenvalue weighted by atomic mass is 19.1. The van der Waals surface area contributed by atoms with E-state index in [0.717, 1.165) is 12.1 Å². The van der Waals surface area contributed by atoms with Crippen LogP contribution in [0.2, 0.25) is 0 Å². The van der Waals surface area contributed by atoms with Gasteiger partial charge < -0.3 is 15.8 Å². The maximum Gasteiger partial charge on any atom is 0.147 e. The lowest BCUT2D eigenvalue weighted by atomic mass is 10.2. The van der Waals surface area contributed by atoms with Crippen molar-refractivity contribution in [2.45, 2.75) is 13.8 Å². The summed E-state index contributed by atoms with van der Waals surface area (Å²) >= 11 is 0. The largest absolute Gasteiger partial charge is 0.492 e. The van der Waals surface area contributed by atoms with Crippen molar-refractivity contribution in [2.24, 2.45) is 0 Å². The molecule has 0 saturated heterocycles. The fourth-order valence-corrected chi connectivity index (χ4v) is 1.82. The SMILES string of the molecule is CCOc1cccc(Nc2cc(F)c(C)cc2F)c1N. The number of nitrogens with one attached hydrogen (secondary N) is 1. The van der Waals surface area contributed by atoms with Crippen LogP contribution >= 0.6 is 0 Å². The molecule has 0 heterocycles. The monoisotopic (exact) mass is 278 g/mol. The van der Waals surface area contributed by atoms with Crippen LogP contribution in [0, 0.1) is 18.6 Å². The molecule has 0 spiro atoms. The molecule has 20 heavy (non-hydrogen) atoms. The van der Waals surface area contributed by atoms with Gasteiger partial charge in [-0.1, -0.05) is 6.07 Å². The van der Waals surface area contributed by atoms with Crippen LogP contribution in [0.4, 0.5) is 25.8 Å². The average Bonchev–Trinajstić information content (AvgIpc) is 2.40. The quantitative estimate of drug-likeness (QED) is 0.831. The summed E-state index contributed by atoms with van der Waals surface area (Å²) in [4.78, 5) is 0. The zero-order valence-corrected chi connectivity index (χ0v) is 11.3. The molecule has 0 atom stereocenters. The fourth-order valence-electron chi connectivity index (χ4n) is 1.82. The third-order valence-corrected chi connectivity index (χ3v) is 2.88. The molecule has 3 nitrogen and oxygen atoms in total. The summed E-state index contributed by atoms with van der Waals surface area (Å²) in [7, 11) is 0. The molecule has 2 aromatic rings. The molecule has 0 amide bonds. The summed E-state index contributed by atoms with van der Waals surface area (Å²) in [6, 6.07) is 7.37. The number of anilines is 3. The van der Waals surface area contributed by atoms with Crippen molar-refractivity contribution in [3.63, 3.8) is 0 Å². The maximum atomic E-state index is 13.8. The first-order chi connectivity index (χ1) is 9.52. The van der Waals surface area contributed by atoms with Gasteiger partial charge in [0.15, 0.2) is 0 Å². The van der Waals surface area contributed by atoms with Crippen LogP contribution in [0.5, 0.6) is 5.75 Å². The molecular formula is C15H16F2N2O. The van der Waals surface area contributed by atoms with Gasteiger partial charge in [0.2, 0.25) is 0 Å². The van der Waals surface area contributed by atoms with Crippen molar-refractivity contribution in [2.75, 3.05) is 17.7 Å². The number of nitrogens with two attached hydrogens (primary N) is 1. The number of hydrogen-bond acceptors (Lipinski definition) is 3. The van der Waals surface area contributed by atoms with Gasteiger partial charge in [-0.25, -0.2) is 8.78 Å². The molecule has 0 aromatic heterocycles. The molecule has 3 N–H and O–H groups in total. The Morgan fingerprint density at radius 2 is 1.90 bits per heavy atom. The van der Waals surface area contributed by atoms with Crippen molar-refractivity contribution in [3.05, 3.63) is 47.5 Å². The van der Waals surface area contributed by atoms with Crippen LogP contribution in [0.25, 0.3) is 0 Å². The third-order valence-electron chi connectivity index (χ3n) is 2.88. The zero-order valence-electron chi connectivity index (χ0n) is 11.3. The number of aryl methyl sites for hydroxylation is 1. The summed E-state index contributed by atoms with van der Waals surface area (Å²) in [5.41, 5.74) is 7.05. The summed E-state index contributed by atoms with van der Waals surface area (Å²) in [6.07, 6.45) is 0. The van der Waals surface area contributed by atoms with Crippen LogP contribution in [0.15, 0.2) is 30.3 Å². The molecule has 0 unspecified atom stereocenters. The topological polar surface area (TPSA) is 47.3 Å². The Labute approximate surface area is 116 Å². The summed E-state index contributed by atoms with van der Waals surface area (Å²) < 4.78 is 32.7. The van der Waals surface area contributed by atoms with Gasteiger partial charge in [0.25, 0.3) is 0 Å². The van der Waals surface area contributed by atoms with Crippen molar-refractivity contribution in [1.82, 2.24) is 0 Å². The van der Waals surface area contributed by atoms with E-state index in [1.807, 2.05) is 6.92 Å². The van der Waals surface area contributed by atoms with E-state index in [1.54, 1.807) is 18.2 Å². The van der Waals surface area contributed by atoms with E-state index in [9.17, 15) is 8.78 Å². The van der Waals surface area contributed by atoms with E-state index >= 15 is 0 Å². The molecule has 0 fully saturated rings. The van der Waals surface area contributed by atoms with Crippen LogP contribution in [0.3, 0.4) is 0 Å². The van der Waals surface area contributed by atoms with E-state index in [2.05, 4.69) is 5.32 Å². The Kier molecular flexibility index (Phi) is 4.08. The molecule has 0 aliphatic heterocycles. The number of halogens is 2. The molecule has 0 aliphatic rings. The van der Waals surface area contributed by atoms with Gasteiger partial charge in [0.05, 0.1) is 23.7 Å². The number of hydrogen-bond donors (Lipinski definition) is 2. The number of rotatable bonds is 4. The normalized spacial score (nSPS) is 10.4. The molecule has 0 bridgehead atoms. The van der Waals surface area contributed by atoms with Crippen LogP contribution in [-0.2, 0) is 0 Å². The lowest BCUT2D eigenvalue weighted by molar-refractivity contribution is 0.342.